The number of benzene rings is 2. The Kier molecular flexibility index (Phi) is 6.55. The molecule has 6 heteroatoms. The zero-order chi connectivity index (χ0) is 21.8. The number of nitrogens with zero attached hydrogens (tertiary/aromatic N) is 1. The molecule has 6 nitrogen and oxygen atoms in total. The number of carbonyl (C=O) groups excluding carboxylic acids is 3. The Bertz CT molecular complexity index is 918. The van der Waals surface area contributed by atoms with Crippen LogP contribution >= 0.6 is 0 Å². The summed E-state index contributed by atoms with van der Waals surface area (Å²) in [6.07, 6.45) is 0.236. The molecule has 0 saturated carbocycles. The van der Waals surface area contributed by atoms with Crippen LogP contribution in [0.1, 0.15) is 56.0 Å². The fourth-order valence-electron chi connectivity index (χ4n) is 3.51. The highest BCUT2D eigenvalue weighted by atomic mass is 16.2. The van der Waals surface area contributed by atoms with Gasteiger partial charge in [0.15, 0.2) is 0 Å². The zero-order valence-electron chi connectivity index (χ0n) is 17.9. The maximum atomic E-state index is 12.5. The Labute approximate surface area is 177 Å². The molecule has 1 unspecified atom stereocenters. The summed E-state index contributed by atoms with van der Waals surface area (Å²) in [5.74, 6) is -0.281. The monoisotopic (exact) mass is 407 g/mol. The molecule has 0 bridgehead atoms. The van der Waals surface area contributed by atoms with Gasteiger partial charge < -0.3 is 15.5 Å². The Balaban J connectivity index is 1.57. The van der Waals surface area contributed by atoms with Crippen molar-refractivity contribution < 1.29 is 14.4 Å². The Hall–Kier alpha value is -3.15. The normalized spacial score (nSPS) is 16.3. The van der Waals surface area contributed by atoms with Crippen molar-refractivity contribution in [1.29, 1.82) is 0 Å². The van der Waals surface area contributed by atoms with Crippen molar-refractivity contribution in [1.82, 2.24) is 4.90 Å². The van der Waals surface area contributed by atoms with Crippen molar-refractivity contribution in [2.45, 2.75) is 46.1 Å². The molecule has 3 amide bonds. The molecule has 0 aromatic heterocycles. The smallest absolute Gasteiger partial charge is 0.255 e. The molecule has 30 heavy (non-hydrogen) atoms. The molecular formula is C24H29N3O3. The van der Waals surface area contributed by atoms with Crippen molar-refractivity contribution in [3.05, 3.63) is 59.7 Å². The van der Waals surface area contributed by atoms with Crippen LogP contribution in [0.15, 0.2) is 48.5 Å². The summed E-state index contributed by atoms with van der Waals surface area (Å²) in [4.78, 5) is 38.7. The Morgan fingerprint density at radius 1 is 0.900 bits per heavy atom. The van der Waals surface area contributed by atoms with Gasteiger partial charge in [-0.3, -0.25) is 14.4 Å². The van der Waals surface area contributed by atoms with E-state index in [1.807, 2.05) is 38.1 Å². The van der Waals surface area contributed by atoms with Gasteiger partial charge in [0.2, 0.25) is 11.8 Å². The van der Waals surface area contributed by atoms with Crippen molar-refractivity contribution in [2.75, 3.05) is 17.2 Å². The van der Waals surface area contributed by atoms with E-state index in [0.717, 1.165) is 5.69 Å². The molecule has 1 fully saturated rings. The van der Waals surface area contributed by atoms with E-state index >= 15 is 0 Å². The molecule has 1 atom stereocenters. The van der Waals surface area contributed by atoms with E-state index in [0.29, 0.717) is 23.7 Å². The average molecular weight is 408 g/mol. The average Bonchev–Trinajstić information content (AvgIpc) is 3.11. The van der Waals surface area contributed by atoms with Gasteiger partial charge in [0.25, 0.3) is 5.91 Å². The molecule has 0 radical (unpaired) electrons. The maximum absolute atomic E-state index is 12.5. The first-order valence-electron chi connectivity index (χ1n) is 10.4. The molecule has 0 aliphatic carbocycles. The lowest BCUT2D eigenvalue weighted by atomic mass is 10.0. The van der Waals surface area contributed by atoms with Gasteiger partial charge in [-0.15, -0.1) is 0 Å². The second kappa shape index (κ2) is 9.11. The summed E-state index contributed by atoms with van der Waals surface area (Å²) < 4.78 is 0. The number of hydrogen-bond donors (Lipinski definition) is 2. The summed E-state index contributed by atoms with van der Waals surface area (Å²) in [6, 6.07) is 14.6. The summed E-state index contributed by atoms with van der Waals surface area (Å²) >= 11 is 0. The van der Waals surface area contributed by atoms with E-state index in [1.165, 1.54) is 5.56 Å². The van der Waals surface area contributed by atoms with Crippen LogP contribution in [0.2, 0.25) is 0 Å². The standard InChI is InChI=1S/C24H29N3O3/c1-15(2)17-5-9-20(10-6-17)25-23(29)18-7-11-21(12-8-18)26-24(30)19-13-22(28)27(14-19)16(3)4/h5-12,15-16,19H,13-14H2,1-4H3,(H,25,29)(H,26,30). The van der Waals surface area contributed by atoms with Crippen LogP contribution in [0.5, 0.6) is 0 Å². The lowest BCUT2D eigenvalue weighted by Crippen LogP contribution is -2.33. The fourth-order valence-corrected chi connectivity index (χ4v) is 3.51. The molecule has 2 aromatic rings. The molecule has 158 valence electrons. The molecule has 3 rings (SSSR count). The lowest BCUT2D eigenvalue weighted by molar-refractivity contribution is -0.129. The van der Waals surface area contributed by atoms with Crippen LogP contribution in [0, 0.1) is 5.92 Å². The summed E-state index contributed by atoms with van der Waals surface area (Å²) in [5, 5.41) is 5.73. The van der Waals surface area contributed by atoms with Gasteiger partial charge in [0, 0.05) is 35.9 Å². The van der Waals surface area contributed by atoms with Gasteiger partial charge in [-0.1, -0.05) is 26.0 Å². The summed E-state index contributed by atoms with van der Waals surface area (Å²) in [6.45, 7) is 8.58. The zero-order valence-corrected chi connectivity index (χ0v) is 17.9. The van der Waals surface area contributed by atoms with Gasteiger partial charge in [-0.2, -0.15) is 0 Å². The number of likely N-dealkylation sites (tertiary alicyclic amines) is 1. The van der Waals surface area contributed by atoms with Gasteiger partial charge in [-0.25, -0.2) is 0 Å². The highest BCUT2D eigenvalue weighted by molar-refractivity contribution is 6.04. The van der Waals surface area contributed by atoms with Crippen LogP contribution in [0.25, 0.3) is 0 Å². The van der Waals surface area contributed by atoms with E-state index in [-0.39, 0.29) is 36.1 Å². The molecule has 1 saturated heterocycles. The highest BCUT2D eigenvalue weighted by Crippen LogP contribution is 2.22. The fraction of sp³-hybridized carbons (Fsp3) is 0.375. The quantitative estimate of drug-likeness (QED) is 0.751. The maximum Gasteiger partial charge on any atom is 0.255 e. The third-order valence-electron chi connectivity index (χ3n) is 5.40. The minimum Gasteiger partial charge on any atom is -0.339 e. The third-order valence-corrected chi connectivity index (χ3v) is 5.40. The molecule has 2 aromatic carbocycles. The molecule has 2 N–H and O–H groups in total. The second-order valence-electron chi connectivity index (χ2n) is 8.34. The Morgan fingerprint density at radius 2 is 1.47 bits per heavy atom. The van der Waals surface area contributed by atoms with E-state index in [9.17, 15) is 14.4 Å². The molecular weight excluding hydrogens is 378 g/mol. The summed E-state index contributed by atoms with van der Waals surface area (Å²) in [7, 11) is 0. The van der Waals surface area contributed by atoms with E-state index < -0.39 is 0 Å². The van der Waals surface area contributed by atoms with Gasteiger partial charge in [0.1, 0.15) is 0 Å². The topological polar surface area (TPSA) is 78.5 Å². The second-order valence-corrected chi connectivity index (χ2v) is 8.34. The third kappa shape index (κ3) is 5.06. The SMILES string of the molecule is CC(C)c1ccc(NC(=O)c2ccc(NC(=O)C3CC(=O)N(C(C)C)C3)cc2)cc1. The van der Waals surface area contributed by atoms with Crippen LogP contribution in [0.4, 0.5) is 11.4 Å². The number of amides is 3. The van der Waals surface area contributed by atoms with Gasteiger partial charge in [0.05, 0.1) is 5.92 Å². The molecule has 1 aliphatic rings. The van der Waals surface area contributed by atoms with Gasteiger partial charge in [-0.05, 0) is 61.7 Å². The first-order valence-corrected chi connectivity index (χ1v) is 10.4. The molecule has 0 spiro atoms. The van der Waals surface area contributed by atoms with E-state index in [4.69, 9.17) is 0 Å². The number of hydrogen-bond acceptors (Lipinski definition) is 3. The predicted octanol–water partition coefficient (Wildman–Crippen LogP) is 4.26. The van der Waals surface area contributed by atoms with Crippen LogP contribution in [0.3, 0.4) is 0 Å². The highest BCUT2D eigenvalue weighted by Gasteiger charge is 2.35. The first kappa shape index (κ1) is 21.6. The minimum atomic E-state index is -0.350. The number of nitrogens with one attached hydrogen (secondary N) is 2. The van der Waals surface area contributed by atoms with Crippen molar-refractivity contribution >= 4 is 29.1 Å². The first-order chi connectivity index (χ1) is 14.2. The summed E-state index contributed by atoms with van der Waals surface area (Å²) in [5.41, 5.74) is 3.06. The predicted molar refractivity (Wildman–Crippen MR) is 119 cm³/mol. The van der Waals surface area contributed by atoms with E-state index in [2.05, 4.69) is 24.5 Å². The number of carbonyl (C=O) groups is 3. The van der Waals surface area contributed by atoms with Crippen LogP contribution in [-0.4, -0.2) is 35.2 Å². The van der Waals surface area contributed by atoms with Gasteiger partial charge >= 0.3 is 0 Å². The van der Waals surface area contributed by atoms with Crippen molar-refractivity contribution in [2.24, 2.45) is 5.92 Å². The minimum absolute atomic E-state index is 0.0126. The largest absolute Gasteiger partial charge is 0.339 e. The van der Waals surface area contributed by atoms with Crippen LogP contribution < -0.4 is 10.6 Å². The molecule has 1 heterocycles. The van der Waals surface area contributed by atoms with Crippen molar-refractivity contribution in [3.63, 3.8) is 0 Å². The van der Waals surface area contributed by atoms with Crippen LogP contribution in [-0.2, 0) is 9.59 Å². The number of anilines is 2. The molecule has 1 aliphatic heterocycles. The van der Waals surface area contributed by atoms with Crippen molar-refractivity contribution in [3.8, 4) is 0 Å². The van der Waals surface area contributed by atoms with E-state index in [1.54, 1.807) is 29.2 Å². The number of rotatable bonds is 6. The lowest BCUT2D eigenvalue weighted by Gasteiger charge is -2.20. The Morgan fingerprint density at radius 3 is 2.00 bits per heavy atom.